The predicted molar refractivity (Wildman–Crippen MR) is 68.2 cm³/mol. The molecule has 0 bridgehead atoms. The molecule has 1 aliphatic rings. The molecule has 96 valence electrons. The number of hydrogen-bond acceptors (Lipinski definition) is 4. The minimum atomic E-state index is -0.232. The van der Waals surface area contributed by atoms with Crippen LogP contribution in [-0.2, 0) is 0 Å². The minimum Gasteiger partial charge on any atom is -0.406 e. The van der Waals surface area contributed by atoms with Crippen LogP contribution in [0.5, 0.6) is 0 Å². The largest absolute Gasteiger partial charge is 0.406 e. The maximum Gasteiger partial charge on any atom is 0.315 e. The second-order valence-corrected chi connectivity index (χ2v) is 5.58. The van der Waals surface area contributed by atoms with Crippen molar-refractivity contribution >= 4 is 17.6 Å². The standard InChI is InChI=1S/C12H20ClN3O/c1-8-6-4-3-5-7-10(8)14-12-16-15-11(17-12)9(2)13/h8-10H,3-7H2,1-2H3,(H,14,16). The van der Waals surface area contributed by atoms with Gasteiger partial charge in [0.25, 0.3) is 0 Å². The van der Waals surface area contributed by atoms with Crippen LogP contribution in [0.2, 0.25) is 0 Å². The number of anilines is 1. The lowest BCUT2D eigenvalue weighted by molar-refractivity contribution is 0.433. The van der Waals surface area contributed by atoms with Gasteiger partial charge in [0, 0.05) is 6.04 Å². The quantitative estimate of drug-likeness (QED) is 0.662. The topological polar surface area (TPSA) is 51.0 Å². The first kappa shape index (κ1) is 12.7. The van der Waals surface area contributed by atoms with Gasteiger partial charge >= 0.3 is 6.01 Å². The van der Waals surface area contributed by atoms with Gasteiger partial charge in [-0.05, 0) is 25.7 Å². The molecule has 0 amide bonds. The molecular formula is C12H20ClN3O. The van der Waals surface area contributed by atoms with Gasteiger partial charge < -0.3 is 9.73 Å². The molecule has 0 saturated heterocycles. The molecule has 1 saturated carbocycles. The van der Waals surface area contributed by atoms with Gasteiger partial charge in [0.2, 0.25) is 5.89 Å². The van der Waals surface area contributed by atoms with Crippen molar-refractivity contribution < 1.29 is 4.42 Å². The molecule has 1 N–H and O–H groups in total. The summed E-state index contributed by atoms with van der Waals surface area (Å²) in [5.41, 5.74) is 0. The SMILES string of the molecule is CC(Cl)c1nnc(NC2CCCCCC2C)o1. The molecule has 3 atom stereocenters. The maximum atomic E-state index is 5.89. The van der Waals surface area contributed by atoms with E-state index in [4.69, 9.17) is 16.0 Å². The molecular weight excluding hydrogens is 238 g/mol. The predicted octanol–water partition coefficient (Wildman–Crippen LogP) is 3.75. The maximum absolute atomic E-state index is 5.89. The van der Waals surface area contributed by atoms with Crippen molar-refractivity contribution in [3.63, 3.8) is 0 Å². The Balaban J connectivity index is 1.98. The van der Waals surface area contributed by atoms with Crippen molar-refractivity contribution in [1.82, 2.24) is 10.2 Å². The normalized spacial score (nSPS) is 27.5. The van der Waals surface area contributed by atoms with Crippen molar-refractivity contribution in [2.24, 2.45) is 5.92 Å². The summed E-state index contributed by atoms with van der Waals surface area (Å²) in [4.78, 5) is 0. The molecule has 3 unspecified atom stereocenters. The van der Waals surface area contributed by atoms with E-state index in [1.165, 1.54) is 32.1 Å². The summed E-state index contributed by atoms with van der Waals surface area (Å²) >= 11 is 5.89. The second-order valence-electron chi connectivity index (χ2n) is 4.93. The first-order valence-electron chi connectivity index (χ1n) is 6.41. The van der Waals surface area contributed by atoms with Crippen LogP contribution in [0.4, 0.5) is 6.01 Å². The third-order valence-corrected chi connectivity index (χ3v) is 3.64. The van der Waals surface area contributed by atoms with E-state index >= 15 is 0 Å². The summed E-state index contributed by atoms with van der Waals surface area (Å²) in [7, 11) is 0. The second kappa shape index (κ2) is 5.71. The minimum absolute atomic E-state index is 0.232. The lowest BCUT2D eigenvalue weighted by atomic mass is 9.97. The van der Waals surface area contributed by atoms with E-state index in [-0.39, 0.29) is 5.38 Å². The van der Waals surface area contributed by atoms with Crippen LogP contribution >= 0.6 is 11.6 Å². The number of nitrogens with one attached hydrogen (secondary N) is 1. The van der Waals surface area contributed by atoms with E-state index in [9.17, 15) is 0 Å². The van der Waals surface area contributed by atoms with Gasteiger partial charge in [-0.1, -0.05) is 31.3 Å². The molecule has 1 aliphatic carbocycles. The lowest BCUT2D eigenvalue weighted by Gasteiger charge is -2.21. The Morgan fingerprint density at radius 1 is 1.29 bits per heavy atom. The Morgan fingerprint density at radius 2 is 2.06 bits per heavy atom. The Kier molecular flexibility index (Phi) is 4.26. The van der Waals surface area contributed by atoms with Crippen molar-refractivity contribution in [3.8, 4) is 0 Å². The molecule has 17 heavy (non-hydrogen) atoms. The van der Waals surface area contributed by atoms with Crippen LogP contribution < -0.4 is 5.32 Å². The zero-order chi connectivity index (χ0) is 12.3. The van der Waals surface area contributed by atoms with Crippen molar-refractivity contribution in [3.05, 3.63) is 5.89 Å². The smallest absolute Gasteiger partial charge is 0.315 e. The summed E-state index contributed by atoms with van der Waals surface area (Å²) in [6.45, 7) is 4.11. The Hall–Kier alpha value is -0.770. The molecule has 1 heterocycles. The first-order chi connectivity index (χ1) is 8.16. The summed E-state index contributed by atoms with van der Waals surface area (Å²) in [6, 6.07) is 0.947. The van der Waals surface area contributed by atoms with E-state index in [0.29, 0.717) is 23.9 Å². The van der Waals surface area contributed by atoms with E-state index in [0.717, 1.165) is 0 Å². The molecule has 4 nitrogen and oxygen atoms in total. The molecule has 0 radical (unpaired) electrons. The number of nitrogens with zero attached hydrogens (tertiary/aromatic N) is 2. The average Bonchev–Trinajstić information content (AvgIpc) is 2.66. The van der Waals surface area contributed by atoms with Gasteiger partial charge in [0.15, 0.2) is 0 Å². The molecule has 0 aromatic carbocycles. The summed E-state index contributed by atoms with van der Waals surface area (Å²) in [5.74, 6) is 1.14. The van der Waals surface area contributed by atoms with E-state index in [1.807, 2.05) is 6.92 Å². The average molecular weight is 258 g/mol. The monoisotopic (exact) mass is 257 g/mol. The van der Waals surface area contributed by atoms with Gasteiger partial charge in [-0.2, -0.15) is 0 Å². The van der Waals surface area contributed by atoms with Crippen molar-refractivity contribution in [1.29, 1.82) is 0 Å². The molecule has 0 aliphatic heterocycles. The van der Waals surface area contributed by atoms with Crippen LogP contribution in [0, 0.1) is 5.92 Å². The van der Waals surface area contributed by atoms with Gasteiger partial charge in [-0.3, -0.25) is 0 Å². The van der Waals surface area contributed by atoms with Gasteiger partial charge in [0.1, 0.15) is 5.38 Å². The number of alkyl halides is 1. The molecule has 0 spiro atoms. The van der Waals surface area contributed by atoms with Gasteiger partial charge in [0.05, 0.1) is 0 Å². The van der Waals surface area contributed by atoms with E-state index in [1.54, 1.807) is 0 Å². The Bertz CT molecular complexity index is 353. The Morgan fingerprint density at radius 3 is 2.76 bits per heavy atom. The zero-order valence-corrected chi connectivity index (χ0v) is 11.2. The third-order valence-electron chi connectivity index (χ3n) is 3.45. The van der Waals surface area contributed by atoms with Crippen molar-refractivity contribution in [2.75, 3.05) is 5.32 Å². The number of hydrogen-bond donors (Lipinski definition) is 1. The van der Waals surface area contributed by atoms with Crippen LogP contribution in [0.3, 0.4) is 0 Å². The molecule has 1 aromatic heterocycles. The van der Waals surface area contributed by atoms with Crippen LogP contribution in [-0.4, -0.2) is 16.2 Å². The van der Waals surface area contributed by atoms with Crippen LogP contribution in [0.1, 0.15) is 57.2 Å². The summed E-state index contributed by atoms with van der Waals surface area (Å²) in [6.07, 6.45) is 6.37. The van der Waals surface area contributed by atoms with Gasteiger partial charge in [-0.15, -0.1) is 16.7 Å². The highest BCUT2D eigenvalue weighted by molar-refractivity contribution is 6.20. The van der Waals surface area contributed by atoms with Gasteiger partial charge in [-0.25, -0.2) is 0 Å². The third kappa shape index (κ3) is 3.35. The molecule has 5 heteroatoms. The highest BCUT2D eigenvalue weighted by atomic mass is 35.5. The highest BCUT2D eigenvalue weighted by Gasteiger charge is 2.22. The fraction of sp³-hybridized carbons (Fsp3) is 0.833. The number of rotatable bonds is 3. The van der Waals surface area contributed by atoms with E-state index < -0.39 is 0 Å². The summed E-state index contributed by atoms with van der Waals surface area (Å²) in [5, 5.41) is 11.0. The van der Waals surface area contributed by atoms with Crippen molar-refractivity contribution in [2.45, 2.75) is 57.4 Å². The van der Waals surface area contributed by atoms with E-state index in [2.05, 4.69) is 22.4 Å². The highest BCUT2D eigenvalue weighted by Crippen LogP contribution is 2.26. The van der Waals surface area contributed by atoms with Crippen LogP contribution in [0.15, 0.2) is 4.42 Å². The molecule has 2 rings (SSSR count). The number of aromatic nitrogens is 2. The molecule has 1 aromatic rings. The van der Waals surface area contributed by atoms with Crippen LogP contribution in [0.25, 0.3) is 0 Å². The molecule has 1 fully saturated rings. The number of halogens is 1. The zero-order valence-electron chi connectivity index (χ0n) is 10.4. The fourth-order valence-corrected chi connectivity index (χ4v) is 2.41. The fourth-order valence-electron chi connectivity index (χ4n) is 2.32. The Labute approximate surface area is 107 Å². The summed E-state index contributed by atoms with van der Waals surface area (Å²) < 4.78 is 5.47. The lowest BCUT2D eigenvalue weighted by Crippen LogP contribution is -2.26. The first-order valence-corrected chi connectivity index (χ1v) is 6.84.